The highest BCUT2D eigenvalue weighted by molar-refractivity contribution is 5.76. The Morgan fingerprint density at radius 2 is 1.37 bits per heavy atom. The fourth-order valence-corrected chi connectivity index (χ4v) is 14.9. The highest BCUT2D eigenvalue weighted by atomic mass is 16.8. The van der Waals surface area contributed by atoms with Crippen LogP contribution in [0.25, 0.3) is 0 Å². The average molecular weight is 929 g/mol. The molecule has 0 aromatic heterocycles. The van der Waals surface area contributed by atoms with Crippen LogP contribution < -0.4 is 0 Å². The van der Waals surface area contributed by atoms with Crippen LogP contribution in [0.5, 0.6) is 0 Å². The number of aliphatic hydroxyl groups excluding tert-OH is 10. The van der Waals surface area contributed by atoms with Gasteiger partial charge in [0.1, 0.15) is 61.0 Å². The van der Waals surface area contributed by atoms with Crippen molar-refractivity contribution in [2.45, 2.75) is 204 Å². The monoisotopic (exact) mass is 929 g/mol. The van der Waals surface area contributed by atoms with Gasteiger partial charge in [0.05, 0.1) is 43.5 Å². The zero-order valence-electron chi connectivity index (χ0n) is 38.8. The van der Waals surface area contributed by atoms with E-state index < -0.39 is 134 Å². The van der Waals surface area contributed by atoms with Crippen molar-refractivity contribution in [1.82, 2.24) is 0 Å². The molecule has 4 saturated carbocycles. The van der Waals surface area contributed by atoms with Gasteiger partial charge in [-0.25, -0.2) is 0 Å². The summed E-state index contributed by atoms with van der Waals surface area (Å²) in [5.41, 5.74) is -1.63. The number of allylic oxidation sites excluding steroid dienone is 2. The van der Waals surface area contributed by atoms with Crippen LogP contribution in [0.1, 0.15) is 106 Å². The second-order valence-corrected chi connectivity index (χ2v) is 23.0. The molecule has 3 heterocycles. The van der Waals surface area contributed by atoms with E-state index in [2.05, 4.69) is 40.7 Å². The van der Waals surface area contributed by atoms with E-state index in [9.17, 15) is 61.0 Å². The quantitative estimate of drug-likeness (QED) is 0.110. The Labute approximate surface area is 380 Å². The summed E-state index contributed by atoms with van der Waals surface area (Å²) in [6.45, 7) is 13.2. The molecule has 0 spiro atoms. The molecule has 0 bridgehead atoms. The first-order valence-corrected chi connectivity index (χ1v) is 23.8. The molecule has 18 nitrogen and oxygen atoms in total. The number of aliphatic carboxylic acids is 1. The number of carboxylic acids is 1. The Morgan fingerprint density at radius 1 is 0.723 bits per heavy atom. The van der Waals surface area contributed by atoms with Crippen LogP contribution in [-0.2, 0) is 33.2 Å². The van der Waals surface area contributed by atoms with Crippen molar-refractivity contribution < 1.29 is 89.4 Å². The van der Waals surface area contributed by atoms with Gasteiger partial charge in [-0.05, 0) is 104 Å². The van der Waals surface area contributed by atoms with Crippen molar-refractivity contribution in [2.75, 3.05) is 19.8 Å². The molecule has 0 aromatic rings. The molecule has 0 aromatic carbocycles. The smallest absolute Gasteiger partial charge is 0.310 e. The lowest BCUT2D eigenvalue weighted by Crippen LogP contribution is -2.69. The normalized spacial score (nSPS) is 55.5. The third-order valence-electron chi connectivity index (χ3n) is 19.1. The Morgan fingerprint density at radius 3 is 2.02 bits per heavy atom. The van der Waals surface area contributed by atoms with E-state index in [1.165, 1.54) is 12.5 Å². The lowest BCUT2D eigenvalue weighted by atomic mass is 9.33. The summed E-state index contributed by atoms with van der Waals surface area (Å²) in [6, 6.07) is 0. The zero-order valence-corrected chi connectivity index (χ0v) is 38.8. The van der Waals surface area contributed by atoms with Crippen LogP contribution in [0, 0.1) is 50.2 Å². The van der Waals surface area contributed by atoms with Crippen LogP contribution in [-0.4, -0.2) is 180 Å². The third-order valence-corrected chi connectivity index (χ3v) is 19.1. The summed E-state index contributed by atoms with van der Waals surface area (Å²) < 4.78 is 36.2. The predicted octanol–water partition coefficient (Wildman–Crippen LogP) is 0.316. The first-order chi connectivity index (χ1) is 30.3. The molecule has 11 N–H and O–H groups in total. The van der Waals surface area contributed by atoms with Crippen molar-refractivity contribution in [3.63, 3.8) is 0 Å². The number of hydrogen-bond acceptors (Lipinski definition) is 17. The number of aliphatic hydroxyl groups is 10. The van der Waals surface area contributed by atoms with Crippen molar-refractivity contribution in [3.8, 4) is 0 Å². The van der Waals surface area contributed by atoms with E-state index in [1.54, 1.807) is 0 Å². The van der Waals surface area contributed by atoms with Crippen molar-refractivity contribution in [2.24, 2.45) is 50.2 Å². The number of carboxylic acid groups (broad SMARTS) is 1. The summed E-state index contributed by atoms with van der Waals surface area (Å²) in [5, 5.41) is 120. The fraction of sp³-hybridized carbons (Fsp3) is 0.936. The Kier molecular flexibility index (Phi) is 13.4. The van der Waals surface area contributed by atoms with Gasteiger partial charge >= 0.3 is 5.97 Å². The van der Waals surface area contributed by atoms with Crippen molar-refractivity contribution in [1.29, 1.82) is 0 Å². The molecule has 0 amide bonds. The topological polar surface area (TPSA) is 295 Å². The number of ether oxygens (including phenoxy) is 6. The summed E-state index contributed by atoms with van der Waals surface area (Å²) in [4.78, 5) is 13.2. The zero-order chi connectivity index (χ0) is 47.6. The van der Waals surface area contributed by atoms with E-state index in [0.29, 0.717) is 32.1 Å². The first-order valence-electron chi connectivity index (χ1n) is 23.8. The number of rotatable bonds is 9. The molecule has 8 aliphatic rings. The Balaban J connectivity index is 1.07. The molecule has 3 aliphatic heterocycles. The minimum Gasteiger partial charge on any atom is -0.481 e. The lowest BCUT2D eigenvalue weighted by molar-refractivity contribution is -0.385. The number of carbonyl (C=O) groups is 1. The Bertz CT molecular complexity index is 1780. The van der Waals surface area contributed by atoms with Crippen LogP contribution in [0.2, 0.25) is 0 Å². The second kappa shape index (κ2) is 17.5. The third kappa shape index (κ3) is 7.71. The van der Waals surface area contributed by atoms with Gasteiger partial charge in [0.2, 0.25) is 0 Å². The molecule has 5 aliphatic carbocycles. The maximum absolute atomic E-state index is 13.2. The summed E-state index contributed by atoms with van der Waals surface area (Å²) in [5.74, 6) is -0.883. The highest BCUT2D eigenvalue weighted by Gasteiger charge is 2.71. The Hall–Kier alpha value is -1.43. The van der Waals surface area contributed by atoms with Crippen molar-refractivity contribution >= 4 is 5.97 Å². The van der Waals surface area contributed by atoms with E-state index in [0.717, 1.165) is 25.7 Å². The molecule has 372 valence electrons. The van der Waals surface area contributed by atoms with E-state index in [-0.39, 0.29) is 40.6 Å². The average Bonchev–Trinajstić information content (AvgIpc) is 3.25. The van der Waals surface area contributed by atoms with Gasteiger partial charge < -0.3 is 84.6 Å². The minimum atomic E-state index is -1.81. The van der Waals surface area contributed by atoms with E-state index in [4.69, 9.17) is 28.4 Å². The largest absolute Gasteiger partial charge is 0.481 e. The standard InChI is InChI=1S/C47H76O18/c1-21-29(51)32(54)34(56)38(61-21)64-36-31(53)26(63-39-35(57)33(55)30(52)25(18-48)62-39)19-60-40(36)65-37-24(50)17-43(4)27(44(37,5)20-49)10-11-46(7)28(43)9-8-22-23-16-42(2,3)12-14-47(23,41(58)59)15-13-45(22,46)6/h8,21,23-40,48-57H,9-20H2,1-7H3,(H,58,59)/t21-,23-,24-,25+,26-,27+,28+,29-,30+,31-,32+,33-,34+,35+,36+,37-,38-,39-,40-,43-,44-,45+,46+,47-/m0/s1. The molecule has 7 fully saturated rings. The molecule has 65 heavy (non-hydrogen) atoms. The molecule has 18 heteroatoms. The highest BCUT2D eigenvalue weighted by Crippen LogP contribution is 2.76. The van der Waals surface area contributed by atoms with Gasteiger partial charge in [0.25, 0.3) is 0 Å². The molecule has 0 radical (unpaired) electrons. The van der Waals surface area contributed by atoms with E-state index in [1.807, 2.05) is 6.92 Å². The van der Waals surface area contributed by atoms with E-state index >= 15 is 0 Å². The predicted molar refractivity (Wildman–Crippen MR) is 226 cm³/mol. The number of hydrogen-bond donors (Lipinski definition) is 11. The minimum absolute atomic E-state index is 0.0152. The van der Waals surface area contributed by atoms with Crippen LogP contribution in [0.3, 0.4) is 0 Å². The van der Waals surface area contributed by atoms with Gasteiger partial charge in [-0.15, -0.1) is 0 Å². The van der Waals surface area contributed by atoms with Crippen LogP contribution in [0.15, 0.2) is 11.6 Å². The summed E-state index contributed by atoms with van der Waals surface area (Å²) >= 11 is 0. The molecule has 8 rings (SSSR count). The maximum Gasteiger partial charge on any atom is 0.310 e. The van der Waals surface area contributed by atoms with Gasteiger partial charge in [-0.2, -0.15) is 0 Å². The van der Waals surface area contributed by atoms with Gasteiger partial charge in [0.15, 0.2) is 18.9 Å². The van der Waals surface area contributed by atoms with Gasteiger partial charge in [0, 0.05) is 5.41 Å². The SMILES string of the molecule is C[C@@H]1O[C@@H](O[C@H]2[C@H](O[C@H]3[C@@H](O)C[C@@]4(C)[C@@H](CC[C@]5(C)[C@@H]4CC=C4[C@@H]6CC(C)(C)CC[C@]6(C(=O)O)CC[C@]45C)[C@]3(C)CO)OC[C@H](O[C@@H]3O[C@H](CO)[C@@H](O)[C@H](O)[C@H]3O)[C@@H]2O)[C@H](O)[C@H](O)[C@H]1O. The van der Waals surface area contributed by atoms with Crippen molar-refractivity contribution in [3.05, 3.63) is 11.6 Å². The fourth-order valence-electron chi connectivity index (χ4n) is 14.9. The molecule has 3 saturated heterocycles. The van der Waals surface area contributed by atoms with Gasteiger partial charge in [-0.3, -0.25) is 4.79 Å². The molecular formula is C47H76O18. The molecule has 0 unspecified atom stereocenters. The molecule has 24 atom stereocenters. The number of fused-ring (bicyclic) bond motifs is 7. The van der Waals surface area contributed by atoms with Crippen LogP contribution >= 0.6 is 0 Å². The summed E-state index contributed by atoms with van der Waals surface area (Å²) in [6.07, 6.45) is -15.9. The maximum atomic E-state index is 13.2. The van der Waals surface area contributed by atoms with Gasteiger partial charge in [-0.1, -0.05) is 53.2 Å². The lowest BCUT2D eigenvalue weighted by Gasteiger charge is -2.71. The molecular weight excluding hydrogens is 852 g/mol. The van der Waals surface area contributed by atoms with Crippen LogP contribution in [0.4, 0.5) is 0 Å². The second-order valence-electron chi connectivity index (χ2n) is 23.0. The summed E-state index contributed by atoms with van der Waals surface area (Å²) in [7, 11) is 0. The first kappa shape index (κ1) is 50.0.